The number of para-hydroxylation sites is 2. The van der Waals surface area contributed by atoms with Gasteiger partial charge in [-0.25, -0.2) is 4.79 Å². The van der Waals surface area contributed by atoms with Gasteiger partial charge in [-0.2, -0.15) is 0 Å². The van der Waals surface area contributed by atoms with Crippen LogP contribution in [0.25, 0.3) is 10.8 Å². The molecular weight excluding hydrogens is 436 g/mol. The molecule has 0 aliphatic carbocycles. The van der Waals surface area contributed by atoms with Crippen molar-refractivity contribution in [2.24, 2.45) is 0 Å². The summed E-state index contributed by atoms with van der Waals surface area (Å²) in [6.07, 6.45) is 0. The quantitative estimate of drug-likeness (QED) is 0.585. The van der Waals surface area contributed by atoms with E-state index in [2.05, 4.69) is 10.6 Å². The highest BCUT2D eigenvalue weighted by molar-refractivity contribution is 6.14. The number of methoxy groups -OCH3 is 1. The second-order valence-corrected chi connectivity index (χ2v) is 8.42. The van der Waals surface area contributed by atoms with Crippen molar-refractivity contribution in [1.82, 2.24) is 10.2 Å². The molecule has 0 unspecified atom stereocenters. The van der Waals surface area contributed by atoms with Crippen molar-refractivity contribution in [3.05, 3.63) is 66.2 Å². The van der Waals surface area contributed by atoms with Gasteiger partial charge < -0.3 is 15.4 Å². The smallest absolute Gasteiger partial charge is 0.325 e. The van der Waals surface area contributed by atoms with Crippen LogP contribution in [0.2, 0.25) is 0 Å². The Morgan fingerprint density at radius 1 is 1.03 bits per heavy atom. The van der Waals surface area contributed by atoms with Crippen molar-refractivity contribution in [1.29, 1.82) is 0 Å². The van der Waals surface area contributed by atoms with E-state index in [9.17, 15) is 19.2 Å². The molecule has 2 heterocycles. The minimum absolute atomic E-state index is 0.190. The van der Waals surface area contributed by atoms with Crippen molar-refractivity contribution in [3.8, 4) is 5.75 Å². The molecule has 5 amide bonds. The van der Waals surface area contributed by atoms with Gasteiger partial charge in [0.1, 0.15) is 24.4 Å². The molecule has 1 atom stereocenters. The molecule has 2 N–H and O–H groups in total. The molecule has 34 heavy (non-hydrogen) atoms. The number of carbonyl (C=O) groups is 4. The second kappa shape index (κ2) is 7.87. The van der Waals surface area contributed by atoms with E-state index in [0.717, 1.165) is 21.4 Å². The fourth-order valence-corrected chi connectivity index (χ4v) is 4.37. The minimum Gasteiger partial charge on any atom is -0.497 e. The van der Waals surface area contributed by atoms with Crippen molar-refractivity contribution in [3.63, 3.8) is 0 Å². The number of fused-ring (bicyclic) bond motifs is 2. The van der Waals surface area contributed by atoms with E-state index in [1.54, 1.807) is 44.4 Å². The van der Waals surface area contributed by atoms with Crippen LogP contribution in [0.4, 0.5) is 16.2 Å². The summed E-state index contributed by atoms with van der Waals surface area (Å²) >= 11 is 0. The molecule has 3 aromatic rings. The summed E-state index contributed by atoms with van der Waals surface area (Å²) in [5.74, 6) is -0.689. The SMILES string of the molecule is COc1ccc2cc([C@]3(C)NC(=O)N(CC(=O)N4CC(=O)Nc5ccccc54)C3=O)ccc2c1. The van der Waals surface area contributed by atoms with Gasteiger partial charge >= 0.3 is 6.03 Å². The lowest BCUT2D eigenvalue weighted by molar-refractivity contribution is -0.134. The average Bonchev–Trinajstić information content (AvgIpc) is 3.06. The van der Waals surface area contributed by atoms with E-state index in [1.165, 1.54) is 4.90 Å². The van der Waals surface area contributed by atoms with E-state index in [-0.39, 0.29) is 12.5 Å². The van der Waals surface area contributed by atoms with Gasteiger partial charge in [-0.15, -0.1) is 0 Å². The number of imide groups is 1. The monoisotopic (exact) mass is 458 g/mol. The third-order valence-electron chi connectivity index (χ3n) is 6.26. The van der Waals surface area contributed by atoms with E-state index >= 15 is 0 Å². The molecule has 0 radical (unpaired) electrons. The van der Waals surface area contributed by atoms with Crippen molar-refractivity contribution >= 4 is 45.9 Å². The highest BCUT2D eigenvalue weighted by atomic mass is 16.5. The Bertz CT molecular complexity index is 1370. The van der Waals surface area contributed by atoms with Crippen LogP contribution in [0, 0.1) is 0 Å². The van der Waals surface area contributed by atoms with Crippen LogP contribution in [0.1, 0.15) is 12.5 Å². The third-order valence-corrected chi connectivity index (χ3v) is 6.26. The molecule has 9 nitrogen and oxygen atoms in total. The molecular formula is C25H22N4O5. The van der Waals surface area contributed by atoms with Gasteiger partial charge in [-0.3, -0.25) is 24.2 Å². The number of ether oxygens (including phenoxy) is 1. The van der Waals surface area contributed by atoms with E-state index in [0.29, 0.717) is 16.9 Å². The molecule has 9 heteroatoms. The van der Waals surface area contributed by atoms with Gasteiger partial charge in [-0.1, -0.05) is 30.3 Å². The van der Waals surface area contributed by atoms with Gasteiger partial charge in [0.2, 0.25) is 11.8 Å². The van der Waals surface area contributed by atoms with Crippen LogP contribution in [-0.2, 0) is 19.9 Å². The molecule has 2 aliphatic heterocycles. The summed E-state index contributed by atoms with van der Waals surface area (Å²) in [5, 5.41) is 7.25. The van der Waals surface area contributed by atoms with Crippen LogP contribution in [-0.4, -0.2) is 48.9 Å². The maximum absolute atomic E-state index is 13.4. The number of rotatable bonds is 4. The Morgan fingerprint density at radius 3 is 2.56 bits per heavy atom. The summed E-state index contributed by atoms with van der Waals surface area (Å²) in [5.41, 5.74) is 0.290. The number of hydrogen-bond donors (Lipinski definition) is 2. The first-order chi connectivity index (χ1) is 16.3. The topological polar surface area (TPSA) is 108 Å². The molecule has 1 saturated heterocycles. The standard InChI is InChI=1S/C25H22N4O5/c1-25(17-9-7-16-12-18(34-2)10-8-15(16)11-17)23(32)29(24(33)27-25)14-22(31)28-13-21(30)26-19-5-3-4-6-20(19)28/h3-12H,13-14H2,1-2H3,(H,26,30)(H,27,33)/t25-/m0/s1. The molecule has 0 spiro atoms. The number of nitrogens with zero attached hydrogens (tertiary/aromatic N) is 2. The molecule has 3 aromatic carbocycles. The summed E-state index contributed by atoms with van der Waals surface area (Å²) in [4.78, 5) is 53.5. The molecule has 0 aromatic heterocycles. The highest BCUT2D eigenvalue weighted by Gasteiger charge is 2.50. The van der Waals surface area contributed by atoms with Crippen LogP contribution >= 0.6 is 0 Å². The number of urea groups is 1. The average molecular weight is 458 g/mol. The van der Waals surface area contributed by atoms with E-state index in [1.807, 2.05) is 30.3 Å². The van der Waals surface area contributed by atoms with Gasteiger partial charge in [0, 0.05) is 0 Å². The zero-order valence-electron chi connectivity index (χ0n) is 18.6. The summed E-state index contributed by atoms with van der Waals surface area (Å²) in [6.45, 7) is 0.948. The number of amides is 5. The molecule has 172 valence electrons. The predicted octanol–water partition coefficient (Wildman–Crippen LogP) is 2.60. The van der Waals surface area contributed by atoms with Gasteiger partial charge in [0.05, 0.1) is 18.5 Å². The molecule has 1 fully saturated rings. The zero-order valence-corrected chi connectivity index (χ0v) is 18.6. The van der Waals surface area contributed by atoms with Crippen molar-refractivity contribution in [2.45, 2.75) is 12.5 Å². The lowest BCUT2D eigenvalue weighted by Gasteiger charge is -2.30. The largest absolute Gasteiger partial charge is 0.497 e. The molecule has 5 rings (SSSR count). The number of nitrogens with one attached hydrogen (secondary N) is 2. The van der Waals surface area contributed by atoms with E-state index in [4.69, 9.17) is 4.74 Å². The molecule has 2 aliphatic rings. The summed E-state index contributed by atoms with van der Waals surface area (Å²) in [6, 6.07) is 17.3. The van der Waals surface area contributed by atoms with Gasteiger partial charge in [0.25, 0.3) is 5.91 Å². The number of carbonyl (C=O) groups excluding carboxylic acids is 4. The minimum atomic E-state index is -1.33. The molecule has 0 saturated carbocycles. The highest BCUT2D eigenvalue weighted by Crippen LogP contribution is 2.33. The maximum Gasteiger partial charge on any atom is 0.325 e. The number of anilines is 2. The Balaban J connectivity index is 1.41. The van der Waals surface area contributed by atoms with Crippen molar-refractivity contribution in [2.75, 3.05) is 30.4 Å². The third kappa shape index (κ3) is 3.42. The number of benzene rings is 3. The van der Waals surface area contributed by atoms with Crippen LogP contribution in [0.3, 0.4) is 0 Å². The number of hydrogen-bond acceptors (Lipinski definition) is 5. The fourth-order valence-electron chi connectivity index (χ4n) is 4.37. The van der Waals surface area contributed by atoms with Crippen LogP contribution in [0.5, 0.6) is 5.75 Å². The van der Waals surface area contributed by atoms with Gasteiger partial charge in [-0.05, 0) is 53.6 Å². The Labute approximate surface area is 195 Å². The summed E-state index contributed by atoms with van der Waals surface area (Å²) in [7, 11) is 1.59. The van der Waals surface area contributed by atoms with Gasteiger partial charge in [0.15, 0.2) is 0 Å². The Kier molecular flexibility index (Phi) is 4.97. The van der Waals surface area contributed by atoms with Crippen LogP contribution < -0.4 is 20.3 Å². The van der Waals surface area contributed by atoms with Crippen molar-refractivity contribution < 1.29 is 23.9 Å². The first-order valence-corrected chi connectivity index (χ1v) is 10.7. The first-order valence-electron chi connectivity index (χ1n) is 10.7. The lowest BCUT2D eigenvalue weighted by Crippen LogP contribution is -2.48. The fraction of sp³-hybridized carbons (Fsp3) is 0.200. The molecule has 0 bridgehead atoms. The van der Waals surface area contributed by atoms with Crippen LogP contribution in [0.15, 0.2) is 60.7 Å². The normalized spacial score (nSPS) is 19.6. The maximum atomic E-state index is 13.4. The Morgan fingerprint density at radius 2 is 1.76 bits per heavy atom. The predicted molar refractivity (Wildman–Crippen MR) is 126 cm³/mol. The zero-order chi connectivity index (χ0) is 24.0. The first kappa shape index (κ1) is 21.4. The summed E-state index contributed by atoms with van der Waals surface area (Å²) < 4.78 is 5.25. The van der Waals surface area contributed by atoms with E-state index < -0.39 is 29.9 Å². The second-order valence-electron chi connectivity index (χ2n) is 8.42. The lowest BCUT2D eigenvalue weighted by atomic mass is 9.90. The Hall–Kier alpha value is -4.40.